The third-order valence-electron chi connectivity index (χ3n) is 3.80. The minimum absolute atomic E-state index is 0.202. The second kappa shape index (κ2) is 5.73. The fourth-order valence-corrected chi connectivity index (χ4v) is 2.65. The van der Waals surface area contributed by atoms with Gasteiger partial charge in [-0.05, 0) is 31.0 Å². The van der Waals surface area contributed by atoms with Crippen LogP contribution < -0.4 is 16.2 Å². The Morgan fingerprint density at radius 3 is 2.73 bits per heavy atom. The quantitative estimate of drug-likeness (QED) is 0.912. The maximum atomic E-state index is 14.4. The van der Waals surface area contributed by atoms with E-state index in [9.17, 15) is 14.0 Å². The summed E-state index contributed by atoms with van der Waals surface area (Å²) in [7, 11) is 0. The summed E-state index contributed by atoms with van der Waals surface area (Å²) < 4.78 is 15.7. The summed E-state index contributed by atoms with van der Waals surface area (Å²) >= 11 is 0. The molecule has 0 saturated carbocycles. The summed E-state index contributed by atoms with van der Waals surface area (Å²) in [5, 5.41) is 0. The summed E-state index contributed by atoms with van der Waals surface area (Å²) in [6, 6.07) is 8.53. The molecule has 5 nitrogen and oxygen atoms in total. The largest absolute Gasteiger partial charge is 0.320 e. The van der Waals surface area contributed by atoms with Crippen molar-refractivity contribution in [3.63, 3.8) is 0 Å². The lowest BCUT2D eigenvalue weighted by atomic mass is 10.0. The van der Waals surface area contributed by atoms with Crippen LogP contribution in [0.25, 0.3) is 5.69 Å². The summed E-state index contributed by atoms with van der Waals surface area (Å²) in [6.45, 7) is 0.452. The molecule has 1 aromatic carbocycles. The summed E-state index contributed by atoms with van der Waals surface area (Å²) in [5.74, 6) is -0.814. The average molecular weight is 301 g/mol. The Labute approximate surface area is 126 Å². The van der Waals surface area contributed by atoms with Gasteiger partial charge in [0.2, 0.25) is 5.91 Å². The number of hydrogen-bond acceptors (Lipinski definition) is 3. The smallest absolute Gasteiger partial charge is 0.255 e. The van der Waals surface area contributed by atoms with Crippen LogP contribution in [0.2, 0.25) is 0 Å². The molecule has 0 radical (unpaired) electrons. The number of halogens is 1. The van der Waals surface area contributed by atoms with E-state index >= 15 is 0 Å². The van der Waals surface area contributed by atoms with Gasteiger partial charge in [-0.25, -0.2) is 4.39 Å². The molecule has 0 spiro atoms. The first kappa shape index (κ1) is 14.5. The van der Waals surface area contributed by atoms with Gasteiger partial charge < -0.3 is 10.6 Å². The molecule has 1 aromatic heterocycles. The number of piperidine rings is 1. The van der Waals surface area contributed by atoms with E-state index in [4.69, 9.17) is 5.73 Å². The van der Waals surface area contributed by atoms with E-state index in [2.05, 4.69) is 0 Å². The number of anilines is 1. The highest BCUT2D eigenvalue weighted by Gasteiger charge is 2.28. The molecule has 2 aromatic rings. The SMILES string of the molecule is NC1CCCN(c2ccc(-n3ccccc3=O)cc2F)C1=O. The van der Waals surface area contributed by atoms with E-state index in [0.29, 0.717) is 18.7 Å². The molecule has 1 fully saturated rings. The molecule has 1 unspecified atom stereocenters. The van der Waals surface area contributed by atoms with Crippen molar-refractivity contribution in [2.45, 2.75) is 18.9 Å². The number of benzene rings is 1. The zero-order valence-corrected chi connectivity index (χ0v) is 11.9. The molecule has 0 bridgehead atoms. The Balaban J connectivity index is 1.98. The Kier molecular flexibility index (Phi) is 3.77. The second-order valence-electron chi connectivity index (χ2n) is 5.28. The van der Waals surface area contributed by atoms with Gasteiger partial charge in [-0.15, -0.1) is 0 Å². The number of carbonyl (C=O) groups is 1. The van der Waals surface area contributed by atoms with Crippen LogP contribution in [0.5, 0.6) is 0 Å². The number of nitrogens with two attached hydrogens (primary N) is 1. The third-order valence-corrected chi connectivity index (χ3v) is 3.80. The summed E-state index contributed by atoms with van der Waals surface area (Å²) in [6.07, 6.45) is 2.93. The first-order valence-electron chi connectivity index (χ1n) is 7.12. The standard InChI is InChI=1S/C16H16FN3O2/c17-12-10-11(19-8-2-1-5-15(19)21)6-7-14(12)20-9-3-4-13(18)16(20)22/h1-2,5-8,10,13H,3-4,9,18H2. The number of nitrogens with zero attached hydrogens (tertiary/aromatic N) is 2. The van der Waals surface area contributed by atoms with Gasteiger partial charge in [-0.2, -0.15) is 0 Å². The van der Waals surface area contributed by atoms with Gasteiger partial charge in [-0.3, -0.25) is 14.2 Å². The van der Waals surface area contributed by atoms with Crippen molar-refractivity contribution >= 4 is 11.6 Å². The van der Waals surface area contributed by atoms with Crippen LogP contribution in [0, 0.1) is 5.82 Å². The van der Waals surface area contributed by atoms with E-state index in [1.165, 1.54) is 27.7 Å². The first-order valence-corrected chi connectivity index (χ1v) is 7.12. The molecular formula is C16H16FN3O2. The van der Waals surface area contributed by atoms with Gasteiger partial charge in [0.25, 0.3) is 5.56 Å². The molecule has 1 amide bonds. The van der Waals surface area contributed by atoms with E-state index in [1.807, 2.05) is 0 Å². The molecule has 2 heterocycles. The van der Waals surface area contributed by atoms with Gasteiger partial charge in [0, 0.05) is 24.9 Å². The van der Waals surface area contributed by atoms with Crippen LogP contribution in [-0.4, -0.2) is 23.1 Å². The van der Waals surface area contributed by atoms with Crippen LogP contribution in [0.1, 0.15) is 12.8 Å². The lowest BCUT2D eigenvalue weighted by Crippen LogP contribution is -2.48. The lowest BCUT2D eigenvalue weighted by molar-refractivity contribution is -0.120. The van der Waals surface area contributed by atoms with Crippen molar-refractivity contribution in [2.24, 2.45) is 5.73 Å². The zero-order chi connectivity index (χ0) is 15.7. The Morgan fingerprint density at radius 1 is 1.18 bits per heavy atom. The molecule has 1 aliphatic rings. The predicted octanol–water partition coefficient (Wildman–Crippen LogP) is 1.43. The van der Waals surface area contributed by atoms with Gasteiger partial charge in [0.15, 0.2) is 0 Å². The molecule has 0 aliphatic carbocycles. The van der Waals surface area contributed by atoms with Gasteiger partial charge in [0.05, 0.1) is 17.4 Å². The van der Waals surface area contributed by atoms with Gasteiger partial charge >= 0.3 is 0 Å². The van der Waals surface area contributed by atoms with Crippen molar-refractivity contribution in [3.05, 3.63) is 58.8 Å². The second-order valence-corrected chi connectivity index (χ2v) is 5.28. The van der Waals surface area contributed by atoms with Crippen molar-refractivity contribution < 1.29 is 9.18 Å². The van der Waals surface area contributed by atoms with Gasteiger partial charge in [-0.1, -0.05) is 6.07 Å². The maximum Gasteiger partial charge on any atom is 0.255 e. The molecule has 1 aliphatic heterocycles. The van der Waals surface area contributed by atoms with Gasteiger partial charge in [0.1, 0.15) is 5.82 Å². The van der Waals surface area contributed by atoms with E-state index in [-0.39, 0.29) is 17.2 Å². The monoisotopic (exact) mass is 301 g/mol. The normalized spacial score (nSPS) is 18.5. The first-order chi connectivity index (χ1) is 10.6. The minimum Gasteiger partial charge on any atom is -0.320 e. The number of hydrogen-bond donors (Lipinski definition) is 1. The van der Waals surface area contributed by atoms with Crippen molar-refractivity contribution in [3.8, 4) is 5.69 Å². The molecule has 6 heteroatoms. The third kappa shape index (κ3) is 2.53. The predicted molar refractivity (Wildman–Crippen MR) is 81.6 cm³/mol. The molecule has 1 atom stereocenters. The molecular weight excluding hydrogens is 285 g/mol. The van der Waals surface area contributed by atoms with E-state index in [1.54, 1.807) is 24.4 Å². The van der Waals surface area contributed by atoms with Crippen LogP contribution in [0.15, 0.2) is 47.4 Å². The highest BCUT2D eigenvalue weighted by Crippen LogP contribution is 2.25. The van der Waals surface area contributed by atoms with Crippen molar-refractivity contribution in [2.75, 3.05) is 11.4 Å². The Morgan fingerprint density at radius 2 is 2.00 bits per heavy atom. The minimum atomic E-state index is -0.579. The topological polar surface area (TPSA) is 68.3 Å². The Bertz CT molecular complexity index is 772. The highest BCUT2D eigenvalue weighted by atomic mass is 19.1. The summed E-state index contributed by atoms with van der Waals surface area (Å²) in [4.78, 5) is 25.2. The fourth-order valence-electron chi connectivity index (χ4n) is 2.65. The van der Waals surface area contributed by atoms with Crippen LogP contribution in [0.3, 0.4) is 0 Å². The van der Waals surface area contributed by atoms with Crippen LogP contribution in [0.4, 0.5) is 10.1 Å². The molecule has 22 heavy (non-hydrogen) atoms. The molecule has 114 valence electrons. The summed E-state index contributed by atoms with van der Waals surface area (Å²) in [5.41, 5.74) is 6.11. The number of carbonyl (C=O) groups excluding carboxylic acids is 1. The maximum absolute atomic E-state index is 14.4. The van der Waals surface area contributed by atoms with Crippen molar-refractivity contribution in [1.82, 2.24) is 4.57 Å². The number of pyridine rings is 1. The molecule has 2 N–H and O–H groups in total. The van der Waals surface area contributed by atoms with E-state index in [0.717, 1.165) is 6.42 Å². The Hall–Kier alpha value is -2.47. The highest BCUT2D eigenvalue weighted by molar-refractivity contribution is 5.97. The van der Waals surface area contributed by atoms with Crippen LogP contribution >= 0.6 is 0 Å². The number of aromatic nitrogens is 1. The zero-order valence-electron chi connectivity index (χ0n) is 11.9. The lowest BCUT2D eigenvalue weighted by Gasteiger charge is -2.30. The molecule has 3 rings (SSSR count). The average Bonchev–Trinajstić information content (AvgIpc) is 2.51. The van der Waals surface area contributed by atoms with Crippen molar-refractivity contribution in [1.29, 1.82) is 0 Å². The number of amides is 1. The van der Waals surface area contributed by atoms with Crippen LogP contribution in [-0.2, 0) is 4.79 Å². The fraction of sp³-hybridized carbons (Fsp3) is 0.250. The molecule has 1 saturated heterocycles. The van der Waals surface area contributed by atoms with E-state index < -0.39 is 11.9 Å². The number of rotatable bonds is 2.